The highest BCUT2D eigenvalue weighted by Crippen LogP contribution is 2.17. The lowest BCUT2D eigenvalue weighted by Crippen LogP contribution is -2.48. The molecule has 0 aliphatic heterocycles. The van der Waals surface area contributed by atoms with E-state index in [2.05, 4.69) is 17.4 Å². The average Bonchev–Trinajstić information content (AvgIpc) is 2.67. The number of carbonyl (C=O) groups excluding carboxylic acids is 2. The van der Waals surface area contributed by atoms with Crippen LogP contribution in [0.1, 0.15) is 48.1 Å². The van der Waals surface area contributed by atoms with Gasteiger partial charge < -0.3 is 10.2 Å². The minimum Gasteiger partial charge on any atom is -0.354 e. The maximum atomic E-state index is 13.3. The second kappa shape index (κ2) is 10.1. The van der Waals surface area contributed by atoms with Crippen molar-refractivity contribution in [1.82, 2.24) is 10.2 Å². The van der Waals surface area contributed by atoms with E-state index < -0.39 is 6.04 Å². The molecule has 4 heteroatoms. The molecule has 28 heavy (non-hydrogen) atoms. The number of carbonyl (C=O) groups is 2. The monoisotopic (exact) mass is 380 g/mol. The maximum absolute atomic E-state index is 13.3. The molecule has 0 heterocycles. The number of amides is 2. The van der Waals surface area contributed by atoms with Crippen LogP contribution in [0.3, 0.4) is 0 Å². The zero-order chi connectivity index (χ0) is 20.7. The third-order valence-corrected chi connectivity index (χ3v) is 5.16. The van der Waals surface area contributed by atoms with E-state index in [1.807, 2.05) is 65.0 Å². The van der Waals surface area contributed by atoms with Crippen LogP contribution in [0.5, 0.6) is 0 Å². The number of nitrogens with one attached hydrogen (secondary N) is 1. The number of benzene rings is 2. The Bertz CT molecular complexity index is 829. The van der Waals surface area contributed by atoms with E-state index in [0.29, 0.717) is 19.5 Å². The van der Waals surface area contributed by atoms with Gasteiger partial charge in [0.05, 0.1) is 6.42 Å². The Balaban J connectivity index is 2.28. The van der Waals surface area contributed by atoms with Gasteiger partial charge in [0, 0.05) is 13.1 Å². The van der Waals surface area contributed by atoms with E-state index in [-0.39, 0.29) is 11.8 Å². The van der Waals surface area contributed by atoms with E-state index in [4.69, 9.17) is 0 Å². The number of rotatable bonds is 8. The summed E-state index contributed by atoms with van der Waals surface area (Å²) in [7, 11) is 0. The molecular formula is C24H32N2O2. The molecular weight excluding hydrogens is 348 g/mol. The lowest BCUT2D eigenvalue weighted by Gasteiger charge is -2.29. The van der Waals surface area contributed by atoms with E-state index in [9.17, 15) is 9.59 Å². The zero-order valence-electron chi connectivity index (χ0n) is 17.7. The largest absolute Gasteiger partial charge is 0.354 e. The zero-order valence-corrected chi connectivity index (χ0v) is 17.7. The minimum atomic E-state index is -0.524. The van der Waals surface area contributed by atoms with Gasteiger partial charge in [-0.05, 0) is 56.4 Å². The Hall–Kier alpha value is -2.62. The highest BCUT2D eigenvalue weighted by atomic mass is 16.2. The number of hydrogen-bond donors (Lipinski definition) is 1. The van der Waals surface area contributed by atoms with Gasteiger partial charge in [0.2, 0.25) is 11.8 Å². The number of hydrogen-bond acceptors (Lipinski definition) is 2. The molecule has 0 spiro atoms. The van der Waals surface area contributed by atoms with Crippen molar-refractivity contribution in [2.24, 2.45) is 0 Å². The van der Waals surface area contributed by atoms with Crippen LogP contribution in [0.25, 0.3) is 0 Å². The van der Waals surface area contributed by atoms with Gasteiger partial charge in [-0.3, -0.25) is 9.59 Å². The first-order valence-electron chi connectivity index (χ1n) is 10.0. The first-order valence-corrected chi connectivity index (χ1v) is 10.0. The molecule has 0 bridgehead atoms. The smallest absolute Gasteiger partial charge is 0.242 e. The molecule has 0 aromatic heterocycles. The van der Waals surface area contributed by atoms with Gasteiger partial charge in [-0.25, -0.2) is 0 Å². The molecule has 2 aromatic rings. The van der Waals surface area contributed by atoms with E-state index in [1.54, 1.807) is 4.90 Å². The summed E-state index contributed by atoms with van der Waals surface area (Å²) in [6.45, 7) is 10.9. The molecule has 0 fully saturated rings. The van der Waals surface area contributed by atoms with E-state index in [1.165, 1.54) is 0 Å². The molecule has 1 atom stereocenters. The highest BCUT2D eigenvalue weighted by Gasteiger charge is 2.26. The Morgan fingerprint density at radius 3 is 2.36 bits per heavy atom. The van der Waals surface area contributed by atoms with Gasteiger partial charge in [-0.2, -0.15) is 0 Å². The summed E-state index contributed by atoms with van der Waals surface area (Å²) in [5.74, 6) is -0.138. The molecule has 2 rings (SSSR count). The molecule has 0 unspecified atom stereocenters. The Labute approximate surface area is 169 Å². The normalized spacial score (nSPS) is 11.8. The molecule has 0 aliphatic carbocycles. The van der Waals surface area contributed by atoms with E-state index >= 15 is 0 Å². The Morgan fingerprint density at radius 2 is 1.68 bits per heavy atom. The summed E-state index contributed by atoms with van der Waals surface area (Å²) in [5.41, 5.74) is 5.42. The van der Waals surface area contributed by atoms with Crippen molar-refractivity contribution in [2.75, 3.05) is 6.54 Å². The second-order valence-corrected chi connectivity index (χ2v) is 7.52. The molecule has 2 aromatic carbocycles. The lowest BCUT2D eigenvalue weighted by molar-refractivity contribution is -0.140. The molecule has 150 valence electrons. The van der Waals surface area contributed by atoms with Gasteiger partial charge >= 0.3 is 0 Å². The van der Waals surface area contributed by atoms with Crippen LogP contribution in [0.4, 0.5) is 0 Å². The van der Waals surface area contributed by atoms with Crippen molar-refractivity contribution in [3.05, 3.63) is 70.3 Å². The van der Waals surface area contributed by atoms with Crippen molar-refractivity contribution in [2.45, 2.75) is 60.0 Å². The Morgan fingerprint density at radius 1 is 1.00 bits per heavy atom. The van der Waals surface area contributed by atoms with Gasteiger partial charge in [0.15, 0.2) is 0 Å². The van der Waals surface area contributed by atoms with Crippen LogP contribution in [-0.2, 0) is 22.6 Å². The summed E-state index contributed by atoms with van der Waals surface area (Å²) in [6, 6.07) is 13.6. The van der Waals surface area contributed by atoms with Gasteiger partial charge in [0.1, 0.15) is 6.04 Å². The molecule has 2 amide bonds. The van der Waals surface area contributed by atoms with Gasteiger partial charge in [0.25, 0.3) is 0 Å². The highest BCUT2D eigenvalue weighted by molar-refractivity contribution is 5.88. The van der Waals surface area contributed by atoms with Crippen molar-refractivity contribution >= 4 is 11.8 Å². The quantitative estimate of drug-likeness (QED) is 0.750. The maximum Gasteiger partial charge on any atom is 0.242 e. The summed E-state index contributed by atoms with van der Waals surface area (Å²) in [4.78, 5) is 27.6. The lowest BCUT2D eigenvalue weighted by atomic mass is 10.0. The second-order valence-electron chi connectivity index (χ2n) is 7.52. The Kier molecular flexibility index (Phi) is 7.80. The molecule has 1 N–H and O–H groups in total. The number of nitrogens with zero attached hydrogens (tertiary/aromatic N) is 1. The van der Waals surface area contributed by atoms with Crippen LogP contribution < -0.4 is 5.32 Å². The predicted octanol–water partition coefficient (Wildman–Crippen LogP) is 4.10. The number of aryl methyl sites for hydroxylation is 3. The molecule has 4 nitrogen and oxygen atoms in total. The van der Waals surface area contributed by atoms with Gasteiger partial charge in [-0.1, -0.05) is 55.0 Å². The van der Waals surface area contributed by atoms with Crippen molar-refractivity contribution in [3.8, 4) is 0 Å². The molecule has 0 aliphatic rings. The fraction of sp³-hybridized carbons (Fsp3) is 0.417. The predicted molar refractivity (Wildman–Crippen MR) is 114 cm³/mol. The summed E-state index contributed by atoms with van der Waals surface area (Å²) < 4.78 is 0. The molecule has 0 saturated carbocycles. The van der Waals surface area contributed by atoms with Crippen LogP contribution in [-0.4, -0.2) is 29.3 Å². The third-order valence-electron chi connectivity index (χ3n) is 5.16. The minimum absolute atomic E-state index is 0.0314. The van der Waals surface area contributed by atoms with Crippen LogP contribution >= 0.6 is 0 Å². The third kappa shape index (κ3) is 5.69. The molecule has 0 radical (unpaired) electrons. The van der Waals surface area contributed by atoms with Crippen LogP contribution in [0.15, 0.2) is 42.5 Å². The topological polar surface area (TPSA) is 49.4 Å². The summed E-state index contributed by atoms with van der Waals surface area (Å²) in [6.07, 6.45) is 1.16. The first kappa shape index (κ1) is 21.7. The van der Waals surface area contributed by atoms with Crippen molar-refractivity contribution in [3.63, 3.8) is 0 Å². The van der Waals surface area contributed by atoms with Crippen LogP contribution in [0.2, 0.25) is 0 Å². The SMILES string of the molecule is CCCNC(=O)[C@@H](C)N(Cc1ccccc1C)C(=O)Cc1cc(C)ccc1C. The summed E-state index contributed by atoms with van der Waals surface area (Å²) in [5, 5.41) is 2.92. The fourth-order valence-electron chi connectivity index (χ4n) is 3.20. The first-order chi connectivity index (χ1) is 13.3. The summed E-state index contributed by atoms with van der Waals surface area (Å²) >= 11 is 0. The fourth-order valence-corrected chi connectivity index (χ4v) is 3.20. The average molecular weight is 381 g/mol. The van der Waals surface area contributed by atoms with Crippen molar-refractivity contribution < 1.29 is 9.59 Å². The standard InChI is InChI=1S/C24H32N2O2/c1-6-13-25-24(28)20(5)26(16-21-10-8-7-9-18(21)3)23(27)15-22-14-17(2)11-12-19(22)4/h7-12,14,20H,6,13,15-16H2,1-5H3,(H,25,28)/t20-/m1/s1. The van der Waals surface area contributed by atoms with E-state index in [0.717, 1.165) is 34.2 Å². The van der Waals surface area contributed by atoms with Crippen LogP contribution in [0, 0.1) is 20.8 Å². The van der Waals surface area contributed by atoms with Crippen molar-refractivity contribution in [1.29, 1.82) is 0 Å². The molecule has 0 saturated heterocycles. The van der Waals surface area contributed by atoms with Gasteiger partial charge in [-0.15, -0.1) is 0 Å².